The van der Waals surface area contributed by atoms with Crippen molar-refractivity contribution in [1.82, 2.24) is 5.32 Å². The van der Waals surface area contributed by atoms with Crippen LogP contribution in [0.4, 0.5) is 0 Å². The number of benzene rings is 1. The number of carboxylic acid groups (broad SMARTS) is 1. The highest BCUT2D eigenvalue weighted by atomic mass is 32.2. The smallest absolute Gasteiger partial charge is 0.306 e. The van der Waals surface area contributed by atoms with E-state index in [4.69, 9.17) is 5.11 Å². The average Bonchev–Trinajstić information content (AvgIpc) is 3.03. The molecule has 2 N–H and O–H groups in total. The van der Waals surface area contributed by atoms with Crippen LogP contribution in [-0.4, -0.2) is 36.2 Å². The van der Waals surface area contributed by atoms with Gasteiger partial charge < -0.3 is 10.4 Å². The number of rotatable bonds is 5. The largest absolute Gasteiger partial charge is 0.481 e. The predicted octanol–water partition coefficient (Wildman–Crippen LogP) is 2.37. The van der Waals surface area contributed by atoms with Gasteiger partial charge in [0, 0.05) is 6.04 Å². The molecule has 26 heavy (non-hydrogen) atoms. The summed E-state index contributed by atoms with van der Waals surface area (Å²) in [6.45, 7) is 3.58. The molecule has 0 atom stereocenters. The van der Waals surface area contributed by atoms with Crippen LogP contribution in [0.2, 0.25) is 0 Å². The molecule has 2 aliphatic carbocycles. The van der Waals surface area contributed by atoms with Crippen molar-refractivity contribution >= 4 is 21.7 Å². The summed E-state index contributed by atoms with van der Waals surface area (Å²) in [6.07, 6.45) is 2.73. The summed E-state index contributed by atoms with van der Waals surface area (Å²) in [4.78, 5) is 24.2. The summed E-state index contributed by atoms with van der Waals surface area (Å²) in [7, 11) is -3.84. The van der Waals surface area contributed by atoms with E-state index in [9.17, 15) is 18.0 Å². The second-order valence-electron chi connectivity index (χ2n) is 7.65. The Bertz CT molecular complexity index is 833. The third-order valence-corrected chi connectivity index (χ3v) is 8.44. The number of hydrogen-bond donors (Lipinski definition) is 2. The minimum absolute atomic E-state index is 0.228. The Morgan fingerprint density at radius 2 is 1.77 bits per heavy atom. The second kappa shape index (κ2) is 6.68. The fourth-order valence-electron chi connectivity index (χ4n) is 4.03. The van der Waals surface area contributed by atoms with Gasteiger partial charge in [0.25, 0.3) is 0 Å². The average molecular weight is 379 g/mol. The van der Waals surface area contributed by atoms with Gasteiger partial charge in [0.2, 0.25) is 5.91 Å². The van der Waals surface area contributed by atoms with Crippen LogP contribution in [0, 0.1) is 19.8 Å². The van der Waals surface area contributed by atoms with Gasteiger partial charge in [-0.05, 0) is 56.7 Å². The number of carboxylic acids is 1. The molecule has 0 aliphatic heterocycles. The summed E-state index contributed by atoms with van der Waals surface area (Å²) in [5.74, 6) is -1.78. The summed E-state index contributed by atoms with van der Waals surface area (Å²) in [5, 5.41) is 11.8. The highest BCUT2D eigenvalue weighted by Crippen LogP contribution is 2.42. The third-order valence-electron chi connectivity index (χ3n) is 5.80. The van der Waals surface area contributed by atoms with Crippen molar-refractivity contribution in [1.29, 1.82) is 0 Å². The van der Waals surface area contributed by atoms with Gasteiger partial charge in [-0.2, -0.15) is 0 Å². The van der Waals surface area contributed by atoms with E-state index >= 15 is 0 Å². The molecule has 2 fully saturated rings. The number of hydrogen-bond acceptors (Lipinski definition) is 4. The highest BCUT2D eigenvalue weighted by molar-refractivity contribution is 7.93. The molecule has 1 amide bonds. The maximum Gasteiger partial charge on any atom is 0.306 e. The van der Waals surface area contributed by atoms with Gasteiger partial charge in [-0.1, -0.05) is 25.0 Å². The molecule has 3 rings (SSSR count). The van der Waals surface area contributed by atoms with Crippen LogP contribution in [0.25, 0.3) is 0 Å². The molecular formula is C19H25NO5S. The zero-order chi connectivity index (χ0) is 19.1. The Morgan fingerprint density at radius 1 is 1.15 bits per heavy atom. The SMILES string of the molecule is Cc1ccc(C)c(S(=O)(=O)C2(C(=O)NC3CC(C(=O)O)C3)CCCC2)c1. The molecule has 2 saturated carbocycles. The van der Waals surface area contributed by atoms with Crippen molar-refractivity contribution in [2.24, 2.45) is 5.92 Å². The molecule has 142 valence electrons. The number of amides is 1. The van der Waals surface area contributed by atoms with Crippen molar-refractivity contribution < 1.29 is 23.1 Å². The van der Waals surface area contributed by atoms with Crippen LogP contribution < -0.4 is 5.32 Å². The zero-order valence-corrected chi connectivity index (χ0v) is 15.9. The Hall–Kier alpha value is -1.89. The number of sulfone groups is 1. The van der Waals surface area contributed by atoms with Gasteiger partial charge >= 0.3 is 5.97 Å². The molecule has 0 spiro atoms. The molecule has 0 radical (unpaired) electrons. The molecule has 0 unspecified atom stereocenters. The minimum atomic E-state index is -3.84. The molecule has 0 aromatic heterocycles. The highest BCUT2D eigenvalue weighted by Gasteiger charge is 2.54. The van der Waals surface area contributed by atoms with Gasteiger partial charge in [0.1, 0.15) is 0 Å². The quantitative estimate of drug-likeness (QED) is 0.818. The molecule has 1 aromatic carbocycles. The van der Waals surface area contributed by atoms with Gasteiger partial charge in [-0.15, -0.1) is 0 Å². The van der Waals surface area contributed by atoms with E-state index in [0.29, 0.717) is 44.1 Å². The maximum atomic E-state index is 13.5. The molecule has 0 bridgehead atoms. The first-order valence-electron chi connectivity index (χ1n) is 9.03. The van der Waals surface area contributed by atoms with Crippen molar-refractivity contribution in [3.63, 3.8) is 0 Å². The lowest BCUT2D eigenvalue weighted by Gasteiger charge is -2.36. The van der Waals surface area contributed by atoms with E-state index < -0.39 is 32.4 Å². The first-order valence-corrected chi connectivity index (χ1v) is 10.5. The van der Waals surface area contributed by atoms with Gasteiger partial charge in [-0.25, -0.2) is 8.42 Å². The van der Waals surface area contributed by atoms with Crippen molar-refractivity contribution in [3.8, 4) is 0 Å². The number of aliphatic carboxylic acids is 1. The fourth-order valence-corrected chi connectivity index (χ4v) is 6.41. The first kappa shape index (κ1) is 18.9. The van der Waals surface area contributed by atoms with Gasteiger partial charge in [0.15, 0.2) is 14.6 Å². The monoisotopic (exact) mass is 379 g/mol. The van der Waals surface area contributed by atoms with Crippen LogP contribution in [-0.2, 0) is 19.4 Å². The Balaban J connectivity index is 1.89. The lowest BCUT2D eigenvalue weighted by Crippen LogP contribution is -2.56. The topological polar surface area (TPSA) is 101 Å². The standard InChI is InChI=1S/C19H25NO5S/c1-12-5-6-13(2)16(9-12)26(24,25)19(7-3-4-8-19)18(23)20-15-10-14(11-15)17(21)22/h5-6,9,14-15H,3-4,7-8,10-11H2,1-2H3,(H,20,23)(H,21,22). The van der Waals surface area contributed by atoms with Crippen LogP contribution >= 0.6 is 0 Å². The first-order chi connectivity index (χ1) is 12.2. The maximum absolute atomic E-state index is 13.5. The predicted molar refractivity (Wildman–Crippen MR) is 96.6 cm³/mol. The fraction of sp³-hybridized carbons (Fsp3) is 0.579. The lowest BCUT2D eigenvalue weighted by atomic mass is 9.80. The molecule has 6 nitrogen and oxygen atoms in total. The molecule has 1 aromatic rings. The molecule has 0 heterocycles. The molecular weight excluding hydrogens is 354 g/mol. The van der Waals surface area contributed by atoms with Crippen LogP contribution in [0.3, 0.4) is 0 Å². The van der Waals surface area contributed by atoms with Crippen molar-refractivity contribution in [2.45, 2.75) is 68.1 Å². The summed E-state index contributed by atoms with van der Waals surface area (Å²) >= 11 is 0. The minimum Gasteiger partial charge on any atom is -0.481 e. The zero-order valence-electron chi connectivity index (χ0n) is 15.1. The van der Waals surface area contributed by atoms with Gasteiger partial charge in [0.05, 0.1) is 10.8 Å². The van der Waals surface area contributed by atoms with E-state index in [1.165, 1.54) is 0 Å². The van der Waals surface area contributed by atoms with E-state index in [-0.39, 0.29) is 10.9 Å². The Kier molecular flexibility index (Phi) is 4.86. The van der Waals surface area contributed by atoms with Crippen LogP contribution in [0.1, 0.15) is 49.7 Å². The Labute approximate surface area is 153 Å². The van der Waals surface area contributed by atoms with E-state index in [0.717, 1.165) is 5.56 Å². The van der Waals surface area contributed by atoms with Crippen LogP contribution in [0.5, 0.6) is 0 Å². The summed E-state index contributed by atoms with van der Waals surface area (Å²) in [5.41, 5.74) is 1.48. The van der Waals surface area contributed by atoms with E-state index in [1.54, 1.807) is 19.1 Å². The number of carbonyl (C=O) groups is 2. The van der Waals surface area contributed by atoms with Crippen molar-refractivity contribution in [3.05, 3.63) is 29.3 Å². The normalized spacial score (nSPS) is 24.7. The molecule has 2 aliphatic rings. The van der Waals surface area contributed by atoms with Crippen molar-refractivity contribution in [2.75, 3.05) is 0 Å². The number of carbonyl (C=O) groups excluding carboxylic acids is 1. The van der Waals surface area contributed by atoms with E-state index in [2.05, 4.69) is 5.32 Å². The molecule has 7 heteroatoms. The molecule has 0 saturated heterocycles. The number of aryl methyl sites for hydroxylation is 2. The van der Waals surface area contributed by atoms with E-state index in [1.807, 2.05) is 13.0 Å². The van der Waals surface area contributed by atoms with Crippen LogP contribution in [0.15, 0.2) is 23.1 Å². The third kappa shape index (κ3) is 3.02. The lowest BCUT2D eigenvalue weighted by molar-refractivity contribution is -0.146. The summed E-state index contributed by atoms with van der Waals surface area (Å²) < 4.78 is 25.5. The van der Waals surface area contributed by atoms with Gasteiger partial charge in [-0.3, -0.25) is 9.59 Å². The second-order valence-corrected chi connectivity index (χ2v) is 9.88. The Morgan fingerprint density at radius 3 is 2.35 bits per heavy atom. The summed E-state index contributed by atoms with van der Waals surface area (Å²) in [6, 6.07) is 5.01. The number of nitrogens with one attached hydrogen (secondary N) is 1.